The Kier molecular flexibility index (Phi) is 5.49. The number of aryl methyl sites for hydroxylation is 2. The largest absolute Gasteiger partial charge is 0.385 e. The highest BCUT2D eigenvalue weighted by atomic mass is 16.5. The molecule has 4 nitrogen and oxygen atoms in total. The number of urea groups is 1. The Morgan fingerprint density at radius 2 is 1.88 bits per heavy atom. The van der Waals surface area contributed by atoms with Gasteiger partial charge in [0.1, 0.15) is 0 Å². The van der Waals surface area contributed by atoms with Crippen LogP contribution in [0.4, 0.5) is 10.5 Å². The van der Waals surface area contributed by atoms with Crippen LogP contribution in [0.5, 0.6) is 0 Å². The molecule has 94 valence electrons. The van der Waals surface area contributed by atoms with Gasteiger partial charge >= 0.3 is 6.03 Å². The van der Waals surface area contributed by atoms with Crippen LogP contribution < -0.4 is 10.6 Å². The molecule has 0 saturated heterocycles. The molecule has 17 heavy (non-hydrogen) atoms. The third-order valence-corrected chi connectivity index (χ3v) is 2.29. The van der Waals surface area contributed by atoms with Gasteiger partial charge in [0.25, 0.3) is 0 Å². The van der Waals surface area contributed by atoms with Crippen molar-refractivity contribution < 1.29 is 9.53 Å². The van der Waals surface area contributed by atoms with Gasteiger partial charge in [-0.2, -0.15) is 0 Å². The molecule has 0 atom stereocenters. The van der Waals surface area contributed by atoms with Crippen LogP contribution in [0, 0.1) is 13.8 Å². The van der Waals surface area contributed by atoms with Gasteiger partial charge in [-0.1, -0.05) is 6.07 Å². The maximum atomic E-state index is 11.5. The van der Waals surface area contributed by atoms with Gasteiger partial charge in [0.05, 0.1) is 0 Å². The number of ether oxygens (including phenoxy) is 1. The van der Waals surface area contributed by atoms with E-state index in [9.17, 15) is 4.79 Å². The Bertz CT molecular complexity index is 357. The summed E-state index contributed by atoms with van der Waals surface area (Å²) in [4.78, 5) is 11.5. The van der Waals surface area contributed by atoms with Gasteiger partial charge < -0.3 is 15.4 Å². The summed E-state index contributed by atoms with van der Waals surface area (Å²) in [5.74, 6) is 0. The fourth-order valence-corrected chi connectivity index (χ4v) is 1.64. The number of hydrogen-bond acceptors (Lipinski definition) is 2. The Morgan fingerprint density at radius 1 is 1.24 bits per heavy atom. The highest BCUT2D eigenvalue weighted by Gasteiger charge is 2.01. The Morgan fingerprint density at radius 3 is 2.47 bits per heavy atom. The molecule has 0 aromatic heterocycles. The van der Waals surface area contributed by atoms with E-state index in [0.29, 0.717) is 13.2 Å². The molecule has 0 fully saturated rings. The lowest BCUT2D eigenvalue weighted by Crippen LogP contribution is -2.30. The zero-order valence-corrected chi connectivity index (χ0v) is 10.7. The van der Waals surface area contributed by atoms with E-state index in [0.717, 1.165) is 23.2 Å². The van der Waals surface area contributed by atoms with Gasteiger partial charge in [0.15, 0.2) is 0 Å². The Balaban J connectivity index is 2.39. The summed E-state index contributed by atoms with van der Waals surface area (Å²) in [7, 11) is 1.65. The van der Waals surface area contributed by atoms with Crippen LogP contribution in [0.2, 0.25) is 0 Å². The number of nitrogens with one attached hydrogen (secondary N) is 2. The van der Waals surface area contributed by atoms with Gasteiger partial charge in [0.2, 0.25) is 0 Å². The van der Waals surface area contributed by atoms with Crippen LogP contribution in [0.25, 0.3) is 0 Å². The lowest BCUT2D eigenvalue weighted by Gasteiger charge is -2.09. The predicted molar refractivity (Wildman–Crippen MR) is 69.4 cm³/mol. The zero-order chi connectivity index (χ0) is 12.7. The number of benzene rings is 1. The lowest BCUT2D eigenvalue weighted by atomic mass is 10.1. The first-order chi connectivity index (χ1) is 8.11. The van der Waals surface area contributed by atoms with Gasteiger partial charge in [-0.25, -0.2) is 4.79 Å². The first-order valence-electron chi connectivity index (χ1n) is 5.74. The third kappa shape index (κ3) is 5.36. The van der Waals surface area contributed by atoms with E-state index in [2.05, 4.69) is 16.7 Å². The maximum absolute atomic E-state index is 11.5. The molecule has 0 radical (unpaired) electrons. The molecular formula is C13H20N2O2. The minimum absolute atomic E-state index is 0.175. The summed E-state index contributed by atoms with van der Waals surface area (Å²) < 4.78 is 4.90. The molecule has 0 aliphatic heterocycles. The molecule has 0 spiro atoms. The maximum Gasteiger partial charge on any atom is 0.319 e. The number of anilines is 1. The second-order valence-electron chi connectivity index (χ2n) is 4.10. The molecule has 2 amide bonds. The molecule has 0 aliphatic carbocycles. The second-order valence-corrected chi connectivity index (χ2v) is 4.10. The van der Waals surface area contributed by atoms with Crippen molar-refractivity contribution in [2.75, 3.05) is 25.6 Å². The molecule has 0 bridgehead atoms. The van der Waals surface area contributed by atoms with E-state index in [1.54, 1.807) is 7.11 Å². The third-order valence-electron chi connectivity index (χ3n) is 2.29. The van der Waals surface area contributed by atoms with Crippen LogP contribution in [-0.2, 0) is 4.74 Å². The van der Waals surface area contributed by atoms with Crippen LogP contribution >= 0.6 is 0 Å². The van der Waals surface area contributed by atoms with Gasteiger partial charge in [0, 0.05) is 25.9 Å². The number of carbonyl (C=O) groups excluding carboxylic acids is 1. The highest BCUT2D eigenvalue weighted by Crippen LogP contribution is 2.13. The Hall–Kier alpha value is -1.55. The molecule has 1 aromatic rings. The minimum atomic E-state index is -0.175. The predicted octanol–water partition coefficient (Wildman–Crippen LogP) is 2.46. The Labute approximate surface area is 102 Å². The fourth-order valence-electron chi connectivity index (χ4n) is 1.64. The number of carbonyl (C=O) groups is 1. The average molecular weight is 236 g/mol. The van der Waals surface area contributed by atoms with Crippen molar-refractivity contribution in [2.45, 2.75) is 20.3 Å². The van der Waals surface area contributed by atoms with Gasteiger partial charge in [-0.05, 0) is 43.5 Å². The molecular weight excluding hydrogens is 216 g/mol. The number of amides is 2. The van der Waals surface area contributed by atoms with Crippen molar-refractivity contribution in [3.05, 3.63) is 29.3 Å². The minimum Gasteiger partial charge on any atom is -0.385 e. The number of rotatable bonds is 5. The van der Waals surface area contributed by atoms with E-state index in [-0.39, 0.29) is 6.03 Å². The van der Waals surface area contributed by atoms with Crippen LogP contribution in [0.15, 0.2) is 18.2 Å². The molecule has 1 rings (SSSR count). The van der Waals surface area contributed by atoms with E-state index >= 15 is 0 Å². The quantitative estimate of drug-likeness (QED) is 0.772. The normalized spacial score (nSPS) is 10.1. The summed E-state index contributed by atoms with van der Waals surface area (Å²) >= 11 is 0. The van der Waals surface area contributed by atoms with Crippen LogP contribution in [0.1, 0.15) is 17.5 Å². The van der Waals surface area contributed by atoms with Crippen LogP contribution in [0.3, 0.4) is 0 Å². The summed E-state index contributed by atoms with van der Waals surface area (Å²) in [5.41, 5.74) is 3.10. The monoisotopic (exact) mass is 236 g/mol. The number of methoxy groups -OCH3 is 1. The summed E-state index contributed by atoms with van der Waals surface area (Å²) in [5, 5.41) is 5.58. The van der Waals surface area contributed by atoms with Crippen molar-refractivity contribution in [2.24, 2.45) is 0 Å². The molecule has 4 heteroatoms. The first kappa shape index (κ1) is 13.5. The molecule has 1 aromatic carbocycles. The zero-order valence-electron chi connectivity index (χ0n) is 10.7. The fraction of sp³-hybridized carbons (Fsp3) is 0.462. The van der Waals surface area contributed by atoms with Crippen molar-refractivity contribution >= 4 is 11.7 Å². The molecule has 0 saturated carbocycles. The van der Waals surface area contributed by atoms with E-state index in [1.807, 2.05) is 26.0 Å². The van der Waals surface area contributed by atoms with Crippen molar-refractivity contribution in [1.29, 1.82) is 0 Å². The van der Waals surface area contributed by atoms with E-state index in [1.165, 1.54) is 0 Å². The van der Waals surface area contributed by atoms with E-state index < -0.39 is 0 Å². The smallest absolute Gasteiger partial charge is 0.319 e. The summed E-state index contributed by atoms with van der Waals surface area (Å²) in [6, 6.07) is 5.79. The molecule has 0 unspecified atom stereocenters. The average Bonchev–Trinajstić information content (AvgIpc) is 2.23. The lowest BCUT2D eigenvalue weighted by molar-refractivity contribution is 0.194. The highest BCUT2D eigenvalue weighted by molar-refractivity contribution is 5.89. The van der Waals surface area contributed by atoms with Crippen molar-refractivity contribution in [1.82, 2.24) is 5.32 Å². The second kappa shape index (κ2) is 6.91. The van der Waals surface area contributed by atoms with E-state index in [4.69, 9.17) is 4.74 Å². The first-order valence-corrected chi connectivity index (χ1v) is 5.74. The molecule has 0 heterocycles. The van der Waals surface area contributed by atoms with Gasteiger partial charge in [-0.15, -0.1) is 0 Å². The molecule has 0 aliphatic rings. The standard InChI is InChI=1S/C13H20N2O2/c1-10-7-11(2)9-12(8-10)15-13(16)14-5-4-6-17-3/h7-9H,4-6H2,1-3H3,(H2,14,15,16). The van der Waals surface area contributed by atoms with Crippen molar-refractivity contribution in [3.8, 4) is 0 Å². The number of hydrogen-bond donors (Lipinski definition) is 2. The SMILES string of the molecule is COCCCNC(=O)Nc1cc(C)cc(C)c1. The summed E-state index contributed by atoms with van der Waals surface area (Å²) in [6.07, 6.45) is 0.816. The van der Waals surface area contributed by atoms with Gasteiger partial charge in [-0.3, -0.25) is 0 Å². The molecule has 2 N–H and O–H groups in total. The topological polar surface area (TPSA) is 50.4 Å². The van der Waals surface area contributed by atoms with Crippen LogP contribution in [-0.4, -0.2) is 26.3 Å². The van der Waals surface area contributed by atoms with Crippen molar-refractivity contribution in [3.63, 3.8) is 0 Å². The summed E-state index contributed by atoms with van der Waals surface area (Å²) in [6.45, 7) is 5.29.